The summed E-state index contributed by atoms with van der Waals surface area (Å²) in [6.07, 6.45) is 0. The number of benzene rings is 2. The number of hydrogen-bond acceptors (Lipinski definition) is 3. The van der Waals surface area contributed by atoms with E-state index in [1.807, 2.05) is 25.1 Å². The van der Waals surface area contributed by atoms with Crippen LogP contribution in [0, 0.1) is 17.0 Å². The van der Waals surface area contributed by atoms with Crippen LogP contribution in [0.3, 0.4) is 0 Å². The SMILES string of the molecule is Cc1cc(CNc2ccccc2[N+](=O)[O-])ccc1Br. The number of para-hydroxylation sites is 2. The fourth-order valence-electron chi connectivity index (χ4n) is 1.80. The van der Waals surface area contributed by atoms with E-state index in [-0.39, 0.29) is 10.6 Å². The monoisotopic (exact) mass is 320 g/mol. The Kier molecular flexibility index (Phi) is 4.16. The maximum Gasteiger partial charge on any atom is 0.292 e. The Morgan fingerprint density at radius 3 is 2.68 bits per heavy atom. The molecule has 0 heterocycles. The van der Waals surface area contributed by atoms with Crippen molar-refractivity contribution < 1.29 is 4.92 Å². The number of nitrogens with one attached hydrogen (secondary N) is 1. The van der Waals surface area contributed by atoms with Crippen LogP contribution in [0.2, 0.25) is 0 Å². The molecule has 0 saturated heterocycles. The zero-order chi connectivity index (χ0) is 13.8. The van der Waals surface area contributed by atoms with Gasteiger partial charge in [-0.1, -0.05) is 40.2 Å². The number of halogens is 1. The molecular weight excluding hydrogens is 308 g/mol. The van der Waals surface area contributed by atoms with Crippen molar-refractivity contribution >= 4 is 27.3 Å². The van der Waals surface area contributed by atoms with E-state index in [1.54, 1.807) is 18.2 Å². The van der Waals surface area contributed by atoms with Gasteiger partial charge < -0.3 is 5.32 Å². The standard InChI is InChI=1S/C14H13BrN2O2/c1-10-8-11(6-7-12(10)15)9-16-13-4-2-3-5-14(13)17(18)19/h2-8,16H,9H2,1H3. The Morgan fingerprint density at radius 1 is 1.26 bits per heavy atom. The van der Waals surface area contributed by atoms with Crippen LogP contribution in [0.25, 0.3) is 0 Å². The summed E-state index contributed by atoms with van der Waals surface area (Å²) in [4.78, 5) is 10.5. The predicted molar refractivity (Wildman–Crippen MR) is 79.3 cm³/mol. The second kappa shape index (κ2) is 5.84. The molecule has 0 saturated carbocycles. The van der Waals surface area contributed by atoms with E-state index in [9.17, 15) is 10.1 Å². The fourth-order valence-corrected chi connectivity index (χ4v) is 2.04. The van der Waals surface area contributed by atoms with Gasteiger partial charge >= 0.3 is 0 Å². The van der Waals surface area contributed by atoms with E-state index in [4.69, 9.17) is 0 Å². The minimum atomic E-state index is -0.380. The van der Waals surface area contributed by atoms with Crippen molar-refractivity contribution in [1.29, 1.82) is 0 Å². The van der Waals surface area contributed by atoms with Crippen LogP contribution in [0.15, 0.2) is 46.9 Å². The van der Waals surface area contributed by atoms with Crippen LogP contribution in [0.5, 0.6) is 0 Å². The van der Waals surface area contributed by atoms with Gasteiger partial charge in [-0.2, -0.15) is 0 Å². The summed E-state index contributed by atoms with van der Waals surface area (Å²) >= 11 is 3.45. The van der Waals surface area contributed by atoms with Gasteiger partial charge in [0.1, 0.15) is 5.69 Å². The van der Waals surface area contributed by atoms with E-state index in [1.165, 1.54) is 6.07 Å². The number of nitrogens with zero attached hydrogens (tertiary/aromatic N) is 1. The fraction of sp³-hybridized carbons (Fsp3) is 0.143. The molecule has 0 bridgehead atoms. The quantitative estimate of drug-likeness (QED) is 0.675. The van der Waals surface area contributed by atoms with Crippen molar-refractivity contribution in [3.8, 4) is 0 Å². The summed E-state index contributed by atoms with van der Waals surface area (Å²) in [5.41, 5.74) is 2.85. The number of aryl methyl sites for hydroxylation is 1. The first-order valence-electron chi connectivity index (χ1n) is 5.80. The lowest BCUT2D eigenvalue weighted by molar-refractivity contribution is -0.384. The van der Waals surface area contributed by atoms with Crippen molar-refractivity contribution in [2.45, 2.75) is 13.5 Å². The van der Waals surface area contributed by atoms with Gasteiger partial charge in [0.05, 0.1) is 4.92 Å². The third-order valence-electron chi connectivity index (χ3n) is 2.81. The molecule has 0 aromatic heterocycles. The smallest absolute Gasteiger partial charge is 0.292 e. The average Bonchev–Trinajstić information content (AvgIpc) is 2.40. The summed E-state index contributed by atoms with van der Waals surface area (Å²) in [7, 11) is 0. The first-order chi connectivity index (χ1) is 9.08. The first kappa shape index (κ1) is 13.5. The maximum absolute atomic E-state index is 10.9. The topological polar surface area (TPSA) is 55.2 Å². The van der Waals surface area contributed by atoms with Crippen molar-refractivity contribution in [3.63, 3.8) is 0 Å². The van der Waals surface area contributed by atoms with Gasteiger partial charge in [0, 0.05) is 17.1 Å². The second-order valence-electron chi connectivity index (χ2n) is 4.21. The van der Waals surface area contributed by atoms with Crippen LogP contribution < -0.4 is 5.32 Å². The lowest BCUT2D eigenvalue weighted by Gasteiger charge is -2.08. The average molecular weight is 321 g/mol. The van der Waals surface area contributed by atoms with Gasteiger partial charge in [0.2, 0.25) is 0 Å². The molecule has 4 nitrogen and oxygen atoms in total. The van der Waals surface area contributed by atoms with Crippen LogP contribution >= 0.6 is 15.9 Å². The summed E-state index contributed by atoms with van der Waals surface area (Å²) in [6.45, 7) is 2.57. The molecule has 0 unspecified atom stereocenters. The molecular formula is C14H13BrN2O2. The number of nitro benzene ring substituents is 1. The lowest BCUT2D eigenvalue weighted by atomic mass is 10.1. The van der Waals surface area contributed by atoms with E-state index in [0.29, 0.717) is 12.2 Å². The minimum absolute atomic E-state index is 0.0938. The van der Waals surface area contributed by atoms with Crippen molar-refractivity contribution in [3.05, 3.63) is 68.2 Å². The highest BCUT2D eigenvalue weighted by atomic mass is 79.9. The Morgan fingerprint density at radius 2 is 2.00 bits per heavy atom. The highest BCUT2D eigenvalue weighted by molar-refractivity contribution is 9.10. The van der Waals surface area contributed by atoms with Crippen LogP contribution in [-0.4, -0.2) is 4.92 Å². The number of nitro groups is 1. The number of rotatable bonds is 4. The largest absolute Gasteiger partial charge is 0.375 e. The molecule has 5 heteroatoms. The molecule has 2 rings (SSSR count). The molecule has 19 heavy (non-hydrogen) atoms. The molecule has 0 fully saturated rings. The summed E-state index contributed by atoms with van der Waals surface area (Å²) in [6, 6.07) is 12.7. The van der Waals surface area contributed by atoms with Crippen molar-refractivity contribution in [2.24, 2.45) is 0 Å². The Bertz CT molecular complexity index is 614. The van der Waals surface area contributed by atoms with Gasteiger partial charge in [-0.05, 0) is 30.2 Å². The molecule has 0 amide bonds. The Labute approximate surface area is 119 Å². The second-order valence-corrected chi connectivity index (χ2v) is 5.07. The van der Waals surface area contributed by atoms with Crippen LogP contribution in [-0.2, 0) is 6.54 Å². The molecule has 0 aliphatic heterocycles. The van der Waals surface area contributed by atoms with Crippen LogP contribution in [0.1, 0.15) is 11.1 Å². The van der Waals surface area contributed by atoms with Gasteiger partial charge in [-0.25, -0.2) is 0 Å². The molecule has 0 atom stereocenters. The zero-order valence-electron chi connectivity index (χ0n) is 10.4. The van der Waals surface area contributed by atoms with Gasteiger partial charge in [-0.3, -0.25) is 10.1 Å². The molecule has 2 aromatic carbocycles. The van der Waals surface area contributed by atoms with E-state index < -0.39 is 0 Å². The lowest BCUT2D eigenvalue weighted by Crippen LogP contribution is -2.02. The molecule has 1 N–H and O–H groups in total. The summed E-state index contributed by atoms with van der Waals surface area (Å²) in [5.74, 6) is 0. The zero-order valence-corrected chi connectivity index (χ0v) is 12.0. The van der Waals surface area contributed by atoms with Gasteiger partial charge in [-0.15, -0.1) is 0 Å². The van der Waals surface area contributed by atoms with E-state index in [0.717, 1.165) is 15.6 Å². The molecule has 2 aromatic rings. The van der Waals surface area contributed by atoms with E-state index >= 15 is 0 Å². The highest BCUT2D eigenvalue weighted by Crippen LogP contribution is 2.24. The summed E-state index contributed by atoms with van der Waals surface area (Å²) < 4.78 is 1.06. The van der Waals surface area contributed by atoms with Crippen LogP contribution in [0.4, 0.5) is 11.4 Å². The maximum atomic E-state index is 10.9. The minimum Gasteiger partial charge on any atom is -0.375 e. The van der Waals surface area contributed by atoms with Gasteiger partial charge in [0.25, 0.3) is 5.69 Å². The Balaban J connectivity index is 2.14. The Hall–Kier alpha value is -1.88. The normalized spacial score (nSPS) is 10.2. The summed E-state index contributed by atoms with van der Waals surface area (Å²) in [5, 5.41) is 14.0. The third-order valence-corrected chi connectivity index (χ3v) is 3.70. The molecule has 98 valence electrons. The van der Waals surface area contributed by atoms with E-state index in [2.05, 4.69) is 21.2 Å². The molecule has 0 aliphatic carbocycles. The molecule has 0 radical (unpaired) electrons. The van der Waals surface area contributed by atoms with Gasteiger partial charge in [0.15, 0.2) is 0 Å². The number of hydrogen-bond donors (Lipinski definition) is 1. The predicted octanol–water partition coefficient (Wildman–Crippen LogP) is 4.28. The molecule has 0 aliphatic rings. The van der Waals surface area contributed by atoms with Crippen molar-refractivity contribution in [1.82, 2.24) is 0 Å². The highest BCUT2D eigenvalue weighted by Gasteiger charge is 2.11. The number of anilines is 1. The molecule has 0 spiro atoms. The van der Waals surface area contributed by atoms with Crippen molar-refractivity contribution in [2.75, 3.05) is 5.32 Å². The first-order valence-corrected chi connectivity index (χ1v) is 6.59. The third kappa shape index (κ3) is 3.32.